The summed E-state index contributed by atoms with van der Waals surface area (Å²) in [7, 11) is 0. The van der Waals surface area contributed by atoms with E-state index < -0.39 is 0 Å². The quantitative estimate of drug-likeness (QED) is 0.707. The van der Waals surface area contributed by atoms with Gasteiger partial charge in [-0.15, -0.1) is 12.4 Å². The van der Waals surface area contributed by atoms with Crippen molar-refractivity contribution in [2.75, 3.05) is 18.4 Å². The number of nitrogens with one attached hydrogen (secondary N) is 2. The molecule has 1 unspecified atom stereocenters. The number of carbonyl (C=O) groups is 1. The van der Waals surface area contributed by atoms with Crippen molar-refractivity contribution in [1.82, 2.24) is 5.32 Å². The molecule has 1 fully saturated rings. The van der Waals surface area contributed by atoms with Crippen LogP contribution in [-0.2, 0) is 6.42 Å². The largest absolute Gasteiger partial charge is 0.461 e. The molecule has 0 bridgehead atoms. The highest BCUT2D eigenvalue weighted by molar-refractivity contribution is 6.05. The molecule has 0 saturated carbocycles. The Morgan fingerprint density at radius 2 is 2.12 bits per heavy atom. The van der Waals surface area contributed by atoms with Gasteiger partial charge in [0.15, 0.2) is 0 Å². The number of furan rings is 1. The van der Waals surface area contributed by atoms with E-state index in [1.807, 2.05) is 49.4 Å². The summed E-state index contributed by atoms with van der Waals surface area (Å²) in [6, 6.07) is 15.6. The first-order valence-electron chi connectivity index (χ1n) is 8.78. The van der Waals surface area contributed by atoms with Gasteiger partial charge in [-0.2, -0.15) is 0 Å². The molecular formula is C21H23ClN2O2. The van der Waals surface area contributed by atoms with Gasteiger partial charge in [-0.25, -0.2) is 0 Å². The van der Waals surface area contributed by atoms with Crippen molar-refractivity contribution in [2.45, 2.75) is 19.8 Å². The molecule has 1 atom stereocenters. The normalized spacial score (nSPS) is 16.4. The first-order valence-corrected chi connectivity index (χ1v) is 8.78. The van der Waals surface area contributed by atoms with E-state index in [0.29, 0.717) is 11.5 Å². The van der Waals surface area contributed by atoms with Crippen molar-refractivity contribution < 1.29 is 9.21 Å². The van der Waals surface area contributed by atoms with Crippen LogP contribution in [0.25, 0.3) is 11.0 Å². The second kappa shape index (κ2) is 7.94. The molecule has 1 aliphatic heterocycles. The van der Waals surface area contributed by atoms with Crippen LogP contribution >= 0.6 is 12.4 Å². The number of hydrogen-bond acceptors (Lipinski definition) is 3. The number of anilines is 1. The van der Waals surface area contributed by atoms with Crippen LogP contribution in [0.5, 0.6) is 0 Å². The topological polar surface area (TPSA) is 54.3 Å². The molecule has 1 aliphatic rings. The molecule has 4 rings (SSSR count). The lowest BCUT2D eigenvalue weighted by molar-refractivity contribution is 0.102. The van der Waals surface area contributed by atoms with E-state index in [1.165, 1.54) is 12.0 Å². The number of amides is 1. The maximum atomic E-state index is 12.6. The minimum Gasteiger partial charge on any atom is -0.461 e. The third-order valence-electron chi connectivity index (χ3n) is 4.77. The first-order chi connectivity index (χ1) is 12.2. The van der Waals surface area contributed by atoms with E-state index in [9.17, 15) is 4.79 Å². The molecule has 5 heteroatoms. The number of aryl methyl sites for hydroxylation is 1. The summed E-state index contributed by atoms with van der Waals surface area (Å²) < 4.78 is 5.57. The number of benzene rings is 2. The summed E-state index contributed by atoms with van der Waals surface area (Å²) >= 11 is 0. The predicted molar refractivity (Wildman–Crippen MR) is 107 cm³/mol. The van der Waals surface area contributed by atoms with Crippen LogP contribution in [-0.4, -0.2) is 19.0 Å². The first kappa shape index (κ1) is 18.5. The highest BCUT2D eigenvalue weighted by Gasteiger charge is 2.15. The van der Waals surface area contributed by atoms with Gasteiger partial charge in [0, 0.05) is 16.6 Å². The van der Waals surface area contributed by atoms with Crippen LogP contribution in [0.1, 0.15) is 28.1 Å². The average Bonchev–Trinajstić information content (AvgIpc) is 3.23. The number of fused-ring (bicyclic) bond motifs is 1. The van der Waals surface area contributed by atoms with Crippen molar-refractivity contribution in [3.8, 4) is 0 Å². The third kappa shape index (κ3) is 4.09. The monoisotopic (exact) mass is 370 g/mol. The van der Waals surface area contributed by atoms with Crippen LogP contribution in [0.15, 0.2) is 52.9 Å². The second-order valence-electron chi connectivity index (χ2n) is 6.83. The van der Waals surface area contributed by atoms with Crippen molar-refractivity contribution >= 4 is 35.0 Å². The summed E-state index contributed by atoms with van der Waals surface area (Å²) in [6.07, 6.45) is 2.23. The van der Waals surface area contributed by atoms with Gasteiger partial charge in [-0.3, -0.25) is 4.79 Å². The molecule has 0 radical (unpaired) electrons. The summed E-state index contributed by atoms with van der Waals surface area (Å²) in [4.78, 5) is 12.6. The van der Waals surface area contributed by atoms with Gasteiger partial charge in [0.2, 0.25) is 0 Å². The van der Waals surface area contributed by atoms with Crippen LogP contribution in [0.3, 0.4) is 0 Å². The fourth-order valence-electron chi connectivity index (χ4n) is 3.52. The van der Waals surface area contributed by atoms with E-state index in [1.54, 1.807) is 0 Å². The fourth-order valence-corrected chi connectivity index (χ4v) is 3.52. The lowest BCUT2D eigenvalue weighted by atomic mass is 9.97. The zero-order valence-corrected chi connectivity index (χ0v) is 15.6. The van der Waals surface area contributed by atoms with Crippen molar-refractivity contribution in [3.05, 3.63) is 65.4 Å². The van der Waals surface area contributed by atoms with E-state index in [0.717, 1.165) is 41.9 Å². The number of carbonyl (C=O) groups excluding carboxylic acids is 1. The van der Waals surface area contributed by atoms with Gasteiger partial charge < -0.3 is 15.1 Å². The van der Waals surface area contributed by atoms with Gasteiger partial charge in [0.25, 0.3) is 5.91 Å². The highest BCUT2D eigenvalue weighted by Crippen LogP contribution is 2.23. The molecule has 2 N–H and O–H groups in total. The average molecular weight is 371 g/mol. The van der Waals surface area contributed by atoms with Crippen LogP contribution in [0, 0.1) is 12.8 Å². The van der Waals surface area contributed by atoms with E-state index >= 15 is 0 Å². The summed E-state index contributed by atoms with van der Waals surface area (Å²) in [5, 5.41) is 7.38. The number of hydrogen-bond donors (Lipinski definition) is 2. The van der Waals surface area contributed by atoms with Crippen molar-refractivity contribution in [1.29, 1.82) is 0 Å². The van der Waals surface area contributed by atoms with Gasteiger partial charge in [-0.05, 0) is 80.7 Å². The van der Waals surface area contributed by atoms with Crippen LogP contribution in [0.2, 0.25) is 0 Å². The molecule has 1 amide bonds. The molecule has 0 aliphatic carbocycles. The van der Waals surface area contributed by atoms with Crippen LogP contribution < -0.4 is 10.6 Å². The zero-order valence-electron chi connectivity index (χ0n) is 14.7. The molecule has 26 heavy (non-hydrogen) atoms. The second-order valence-corrected chi connectivity index (χ2v) is 6.83. The summed E-state index contributed by atoms with van der Waals surface area (Å²) in [5.74, 6) is 1.46. The van der Waals surface area contributed by atoms with E-state index in [4.69, 9.17) is 4.42 Å². The Kier molecular flexibility index (Phi) is 5.64. The maximum absolute atomic E-state index is 12.6. The maximum Gasteiger partial charge on any atom is 0.255 e. The minimum atomic E-state index is -0.0778. The Morgan fingerprint density at radius 1 is 1.23 bits per heavy atom. The molecule has 2 aromatic carbocycles. The lowest BCUT2D eigenvalue weighted by Gasteiger charge is -2.10. The van der Waals surface area contributed by atoms with Gasteiger partial charge in [0.05, 0.1) is 0 Å². The van der Waals surface area contributed by atoms with Crippen molar-refractivity contribution in [2.24, 2.45) is 5.92 Å². The Labute approximate surface area is 159 Å². The predicted octanol–water partition coefficient (Wildman–Crippen LogP) is 4.57. The zero-order chi connectivity index (χ0) is 17.2. The molecule has 1 saturated heterocycles. The number of halogens is 1. The van der Waals surface area contributed by atoms with Crippen molar-refractivity contribution in [3.63, 3.8) is 0 Å². The molecule has 2 heterocycles. The standard InChI is InChI=1S/C21H22N2O2.ClH/c1-14-9-18-12-19(5-6-20(18)25-14)23-21(24)17-4-2-3-15(11-17)10-16-7-8-22-13-16;/h2-6,9,11-12,16,22H,7-8,10,13H2,1H3,(H,23,24);1H. The van der Waals surface area contributed by atoms with Crippen LogP contribution in [0.4, 0.5) is 5.69 Å². The fraction of sp³-hybridized carbons (Fsp3) is 0.286. The molecular weight excluding hydrogens is 348 g/mol. The van der Waals surface area contributed by atoms with E-state index in [2.05, 4.69) is 16.7 Å². The molecule has 1 aromatic heterocycles. The van der Waals surface area contributed by atoms with Gasteiger partial charge in [0.1, 0.15) is 11.3 Å². The third-order valence-corrected chi connectivity index (χ3v) is 4.77. The van der Waals surface area contributed by atoms with Gasteiger partial charge in [-0.1, -0.05) is 12.1 Å². The minimum absolute atomic E-state index is 0. The Balaban J connectivity index is 0.00000196. The highest BCUT2D eigenvalue weighted by atomic mass is 35.5. The Hall–Kier alpha value is -2.30. The lowest BCUT2D eigenvalue weighted by Crippen LogP contribution is -2.13. The summed E-state index contributed by atoms with van der Waals surface area (Å²) in [5.41, 5.74) is 3.54. The van der Waals surface area contributed by atoms with Gasteiger partial charge >= 0.3 is 0 Å². The van der Waals surface area contributed by atoms with E-state index in [-0.39, 0.29) is 18.3 Å². The molecule has 3 aromatic rings. The molecule has 0 spiro atoms. The number of rotatable bonds is 4. The smallest absolute Gasteiger partial charge is 0.255 e. The molecule has 136 valence electrons. The Morgan fingerprint density at radius 3 is 2.92 bits per heavy atom. The summed E-state index contributed by atoms with van der Waals surface area (Å²) in [6.45, 7) is 4.09. The SMILES string of the molecule is Cc1cc2cc(NC(=O)c3cccc(CC4CCNC4)c3)ccc2o1.Cl. The molecule has 4 nitrogen and oxygen atoms in total. The Bertz CT molecular complexity index is 913.